The summed E-state index contributed by atoms with van der Waals surface area (Å²) in [4.78, 5) is 26.9. The Morgan fingerprint density at radius 2 is 1.81 bits per heavy atom. The van der Waals surface area contributed by atoms with Crippen molar-refractivity contribution in [1.82, 2.24) is 10.3 Å². The van der Waals surface area contributed by atoms with Gasteiger partial charge in [-0.15, -0.1) is 11.8 Å². The second-order valence-electron chi connectivity index (χ2n) is 7.44. The summed E-state index contributed by atoms with van der Waals surface area (Å²) in [6, 6.07) is 25.1. The van der Waals surface area contributed by atoms with Gasteiger partial charge >= 0.3 is 0 Å². The van der Waals surface area contributed by atoms with Gasteiger partial charge in [-0.05, 0) is 47.9 Å². The van der Waals surface area contributed by atoms with Crippen molar-refractivity contribution < 1.29 is 9.59 Å². The molecule has 1 aliphatic heterocycles. The number of nitrogens with one attached hydrogen (secondary N) is 1. The van der Waals surface area contributed by atoms with Crippen LogP contribution in [0, 0.1) is 0 Å². The number of amides is 2. The van der Waals surface area contributed by atoms with E-state index >= 15 is 0 Å². The van der Waals surface area contributed by atoms with Crippen LogP contribution in [0.5, 0.6) is 0 Å². The Morgan fingerprint density at radius 1 is 1.06 bits per heavy atom. The lowest BCUT2D eigenvalue weighted by Crippen LogP contribution is -2.27. The highest BCUT2D eigenvalue weighted by Crippen LogP contribution is 2.39. The number of hydrogen-bond acceptors (Lipinski definition) is 4. The summed E-state index contributed by atoms with van der Waals surface area (Å²) in [5.41, 5.74) is 6.88. The van der Waals surface area contributed by atoms with E-state index in [9.17, 15) is 9.59 Å². The molecule has 0 saturated carbocycles. The Morgan fingerprint density at radius 3 is 2.53 bits per heavy atom. The Balaban J connectivity index is 1.43. The van der Waals surface area contributed by atoms with Crippen LogP contribution in [0.1, 0.15) is 39.3 Å². The number of rotatable bonds is 6. The standard InChI is InChI=1S/C25H22BrN3O2S/c1-17(21-8-5-9-22(26)14-21)27-28-24(31)19-10-12-20(13-11-19)25-29(23(30)16-32-25)15-18-6-3-2-4-7-18/h2-14,25H,15-16H2,1H3,(H,28,31)/b27-17-/t25-/m0/s1. The molecule has 0 radical (unpaired) electrons. The molecule has 1 heterocycles. The predicted molar refractivity (Wildman–Crippen MR) is 132 cm³/mol. The van der Waals surface area contributed by atoms with Crippen LogP contribution in [0.3, 0.4) is 0 Å². The molecule has 0 spiro atoms. The van der Waals surface area contributed by atoms with Crippen LogP contribution >= 0.6 is 27.7 Å². The van der Waals surface area contributed by atoms with Crippen LogP contribution in [0.25, 0.3) is 0 Å². The van der Waals surface area contributed by atoms with Crippen molar-refractivity contribution in [2.75, 3.05) is 5.75 Å². The minimum absolute atomic E-state index is 0.0587. The highest BCUT2D eigenvalue weighted by atomic mass is 79.9. The van der Waals surface area contributed by atoms with Gasteiger partial charge in [0.2, 0.25) is 5.91 Å². The summed E-state index contributed by atoms with van der Waals surface area (Å²) >= 11 is 5.05. The van der Waals surface area contributed by atoms with Gasteiger partial charge in [0.1, 0.15) is 5.37 Å². The molecule has 4 rings (SSSR count). The van der Waals surface area contributed by atoms with E-state index in [-0.39, 0.29) is 17.2 Å². The molecule has 0 bridgehead atoms. The summed E-state index contributed by atoms with van der Waals surface area (Å²) in [6.07, 6.45) is 0. The average molecular weight is 508 g/mol. The maximum Gasteiger partial charge on any atom is 0.271 e. The lowest BCUT2D eigenvalue weighted by atomic mass is 10.1. The first-order valence-electron chi connectivity index (χ1n) is 10.2. The third-order valence-electron chi connectivity index (χ3n) is 5.19. The van der Waals surface area contributed by atoms with Gasteiger partial charge in [-0.25, -0.2) is 5.43 Å². The minimum atomic E-state index is -0.276. The van der Waals surface area contributed by atoms with E-state index in [1.807, 2.05) is 78.6 Å². The van der Waals surface area contributed by atoms with Gasteiger partial charge in [-0.2, -0.15) is 5.10 Å². The molecule has 0 unspecified atom stereocenters. The van der Waals surface area contributed by atoms with Crippen LogP contribution in [-0.4, -0.2) is 28.2 Å². The summed E-state index contributed by atoms with van der Waals surface area (Å²) in [5, 5.41) is 4.16. The number of carbonyl (C=O) groups is 2. The topological polar surface area (TPSA) is 61.8 Å². The van der Waals surface area contributed by atoms with E-state index in [1.54, 1.807) is 23.9 Å². The number of benzene rings is 3. The molecule has 1 aliphatic rings. The van der Waals surface area contributed by atoms with E-state index in [1.165, 1.54) is 0 Å². The van der Waals surface area contributed by atoms with Crippen molar-refractivity contribution in [3.63, 3.8) is 0 Å². The smallest absolute Gasteiger partial charge is 0.271 e. The van der Waals surface area contributed by atoms with Gasteiger partial charge in [0.25, 0.3) is 5.91 Å². The molecule has 32 heavy (non-hydrogen) atoms. The monoisotopic (exact) mass is 507 g/mol. The predicted octanol–water partition coefficient (Wildman–Crippen LogP) is 5.38. The van der Waals surface area contributed by atoms with Crippen LogP contribution in [-0.2, 0) is 11.3 Å². The highest BCUT2D eigenvalue weighted by Gasteiger charge is 2.32. The molecule has 1 saturated heterocycles. The first-order chi connectivity index (χ1) is 15.5. The maximum atomic E-state index is 12.5. The van der Waals surface area contributed by atoms with Crippen molar-refractivity contribution in [2.24, 2.45) is 5.10 Å². The Hall–Kier alpha value is -2.90. The Bertz CT molecular complexity index is 1150. The van der Waals surface area contributed by atoms with Gasteiger partial charge in [0.05, 0.1) is 11.5 Å². The molecule has 0 aromatic heterocycles. The van der Waals surface area contributed by atoms with E-state index in [0.717, 1.165) is 21.2 Å². The summed E-state index contributed by atoms with van der Waals surface area (Å²) < 4.78 is 0.955. The molecule has 3 aromatic rings. The van der Waals surface area contributed by atoms with E-state index in [2.05, 4.69) is 26.5 Å². The molecule has 1 N–H and O–H groups in total. The fourth-order valence-electron chi connectivity index (χ4n) is 3.46. The van der Waals surface area contributed by atoms with Crippen LogP contribution in [0.2, 0.25) is 0 Å². The molecular weight excluding hydrogens is 486 g/mol. The summed E-state index contributed by atoms with van der Waals surface area (Å²) in [6.45, 7) is 2.42. The first kappa shape index (κ1) is 22.3. The van der Waals surface area contributed by atoms with Gasteiger partial charge < -0.3 is 4.90 Å². The molecule has 3 aromatic carbocycles. The molecular formula is C25H22BrN3O2S. The van der Waals surface area contributed by atoms with Gasteiger partial charge in [-0.1, -0.05) is 70.5 Å². The fourth-order valence-corrected chi connectivity index (χ4v) is 5.04. The first-order valence-corrected chi connectivity index (χ1v) is 12.0. The zero-order valence-electron chi connectivity index (χ0n) is 17.5. The van der Waals surface area contributed by atoms with Crippen molar-refractivity contribution in [3.05, 3.63) is 106 Å². The maximum absolute atomic E-state index is 12.5. The van der Waals surface area contributed by atoms with Crippen molar-refractivity contribution in [2.45, 2.75) is 18.8 Å². The second kappa shape index (κ2) is 10.1. The van der Waals surface area contributed by atoms with Crippen molar-refractivity contribution in [1.29, 1.82) is 0 Å². The van der Waals surface area contributed by atoms with E-state index < -0.39 is 0 Å². The van der Waals surface area contributed by atoms with Crippen LogP contribution in [0.4, 0.5) is 0 Å². The molecule has 0 aliphatic carbocycles. The number of hydrogen-bond donors (Lipinski definition) is 1. The second-order valence-corrected chi connectivity index (χ2v) is 9.43. The molecule has 5 nitrogen and oxygen atoms in total. The van der Waals surface area contributed by atoms with Crippen molar-refractivity contribution in [3.8, 4) is 0 Å². The van der Waals surface area contributed by atoms with Crippen molar-refractivity contribution >= 4 is 45.2 Å². The normalized spacial score (nSPS) is 16.3. The number of halogens is 1. The quantitative estimate of drug-likeness (QED) is 0.360. The van der Waals surface area contributed by atoms with Gasteiger partial charge in [0.15, 0.2) is 0 Å². The number of hydrazone groups is 1. The SMILES string of the molecule is C/C(=N/NC(=O)c1ccc([C@@H]2SCC(=O)N2Cc2ccccc2)cc1)c1cccc(Br)c1. The zero-order valence-corrected chi connectivity index (χ0v) is 19.9. The van der Waals surface area contributed by atoms with Crippen LogP contribution < -0.4 is 5.43 Å². The summed E-state index contributed by atoms with van der Waals surface area (Å²) in [7, 11) is 0. The number of thioether (sulfide) groups is 1. The van der Waals surface area contributed by atoms with E-state index in [0.29, 0.717) is 23.6 Å². The largest absolute Gasteiger partial charge is 0.322 e. The van der Waals surface area contributed by atoms with E-state index in [4.69, 9.17) is 0 Å². The highest BCUT2D eigenvalue weighted by molar-refractivity contribution is 9.10. The average Bonchev–Trinajstić information content (AvgIpc) is 3.18. The fraction of sp³-hybridized carbons (Fsp3) is 0.160. The zero-order chi connectivity index (χ0) is 22.5. The third kappa shape index (κ3) is 5.29. The number of nitrogens with zero attached hydrogens (tertiary/aromatic N) is 2. The molecule has 162 valence electrons. The third-order valence-corrected chi connectivity index (χ3v) is 6.94. The molecule has 7 heteroatoms. The lowest BCUT2D eigenvalue weighted by Gasteiger charge is -2.24. The van der Waals surface area contributed by atoms with Gasteiger partial charge in [0, 0.05) is 16.6 Å². The molecule has 2 amide bonds. The number of carbonyl (C=O) groups excluding carboxylic acids is 2. The van der Waals surface area contributed by atoms with Crippen LogP contribution in [0.15, 0.2) is 88.4 Å². The Labute approximate surface area is 200 Å². The lowest BCUT2D eigenvalue weighted by molar-refractivity contribution is -0.128. The summed E-state index contributed by atoms with van der Waals surface area (Å²) in [5.74, 6) is 0.314. The molecule has 1 fully saturated rings. The molecule has 1 atom stereocenters. The minimum Gasteiger partial charge on any atom is -0.322 e. The Kier molecular flexibility index (Phi) is 7.07. The van der Waals surface area contributed by atoms with Gasteiger partial charge in [-0.3, -0.25) is 9.59 Å².